The first-order valence-corrected chi connectivity index (χ1v) is 7.97. The highest BCUT2D eigenvalue weighted by Crippen LogP contribution is 2.17. The molecule has 0 atom stereocenters. The second kappa shape index (κ2) is 10.3. The molecule has 0 spiro atoms. The third-order valence-electron chi connectivity index (χ3n) is 3.23. The molecule has 0 amide bonds. The van der Waals surface area contributed by atoms with Crippen LogP contribution in [0.4, 0.5) is 32.3 Å². The minimum Gasteiger partial charge on any atom is -0.475 e. The van der Waals surface area contributed by atoms with Crippen LogP contribution in [0, 0.1) is 0 Å². The smallest absolute Gasteiger partial charge is 0.475 e. The molecule has 0 saturated heterocycles. The minimum absolute atomic E-state index is 0.125. The van der Waals surface area contributed by atoms with Gasteiger partial charge in [-0.2, -0.15) is 26.3 Å². The molecule has 0 bridgehead atoms. The van der Waals surface area contributed by atoms with Crippen LogP contribution in [0.1, 0.15) is 11.1 Å². The molecule has 0 aliphatic carbocycles. The third kappa shape index (κ3) is 7.96. The van der Waals surface area contributed by atoms with Crippen LogP contribution in [-0.4, -0.2) is 54.4 Å². The van der Waals surface area contributed by atoms with E-state index in [2.05, 4.69) is 19.9 Å². The van der Waals surface area contributed by atoms with Crippen molar-refractivity contribution in [1.82, 2.24) is 19.9 Å². The number of aromatic amines is 2. The number of nitrogens with one attached hydrogen (secondary N) is 2. The molecule has 3 heterocycles. The highest BCUT2D eigenvalue weighted by atomic mass is 19.4. The zero-order valence-corrected chi connectivity index (χ0v) is 15.5. The van der Waals surface area contributed by atoms with Gasteiger partial charge in [-0.15, -0.1) is 0 Å². The Bertz CT molecular complexity index is 1100. The molecular weight excluding hydrogens is 456 g/mol. The number of nitrogen functional groups attached to an aromatic ring is 1. The minimum atomic E-state index is -5.08. The zero-order chi connectivity index (χ0) is 24.7. The van der Waals surface area contributed by atoms with Crippen molar-refractivity contribution in [2.45, 2.75) is 18.8 Å². The summed E-state index contributed by atoms with van der Waals surface area (Å²) in [6.45, 7) is 0. The van der Waals surface area contributed by atoms with Gasteiger partial charge >= 0.3 is 24.3 Å². The molecule has 3 rings (SSSR count). The maximum absolute atomic E-state index is 11.6. The molecule has 0 fully saturated rings. The number of alkyl halides is 6. The van der Waals surface area contributed by atoms with E-state index in [9.17, 15) is 31.1 Å². The molecule has 0 radical (unpaired) electrons. The molecule has 32 heavy (non-hydrogen) atoms. The van der Waals surface area contributed by atoms with Gasteiger partial charge in [-0.1, -0.05) is 6.07 Å². The summed E-state index contributed by atoms with van der Waals surface area (Å²) in [4.78, 5) is 43.0. The fourth-order valence-electron chi connectivity index (χ4n) is 1.94. The maximum atomic E-state index is 11.6. The largest absolute Gasteiger partial charge is 0.490 e. The summed E-state index contributed by atoms with van der Waals surface area (Å²) in [6, 6.07) is 3.85. The molecule has 0 saturated carbocycles. The standard InChI is InChI=1S/C12H11N5O.2C2HF3O2/c13-12-16-9-8(4-7-2-1-3-14-5-7)6-15-10(9)11(18)17-12;2*3-2(4,5)1(6)7/h1-3,5-6,15H,4H2,(H3,13,16,17,18);2*(H,6,7). The van der Waals surface area contributed by atoms with E-state index in [1.165, 1.54) is 0 Å². The molecule has 0 unspecified atom stereocenters. The van der Waals surface area contributed by atoms with Gasteiger partial charge in [0.15, 0.2) is 0 Å². The lowest BCUT2D eigenvalue weighted by molar-refractivity contribution is -0.193. The Morgan fingerprint density at radius 1 is 1.06 bits per heavy atom. The van der Waals surface area contributed by atoms with E-state index in [4.69, 9.17) is 25.5 Å². The Hall–Kier alpha value is -4.11. The SMILES string of the molecule is Nc1nc2c(Cc3cccnc3)c[nH]c2c(=O)[nH]1.O=C(O)C(F)(F)F.O=C(O)C(F)(F)F. The second-order valence-electron chi connectivity index (χ2n) is 5.63. The van der Waals surface area contributed by atoms with E-state index in [-0.39, 0.29) is 11.5 Å². The molecule has 0 aliphatic heterocycles. The number of anilines is 1. The van der Waals surface area contributed by atoms with Crippen molar-refractivity contribution in [1.29, 1.82) is 0 Å². The Kier molecular flexibility index (Phi) is 8.32. The van der Waals surface area contributed by atoms with Crippen molar-refractivity contribution in [3.8, 4) is 0 Å². The van der Waals surface area contributed by atoms with Gasteiger partial charge in [0.05, 0.1) is 0 Å². The number of halogens is 6. The molecular formula is C16H13F6N5O5. The van der Waals surface area contributed by atoms with Crippen LogP contribution in [0.2, 0.25) is 0 Å². The van der Waals surface area contributed by atoms with Crippen LogP contribution >= 0.6 is 0 Å². The lowest BCUT2D eigenvalue weighted by Gasteiger charge is -1.99. The molecule has 6 N–H and O–H groups in total. The van der Waals surface area contributed by atoms with Crippen LogP contribution in [0.5, 0.6) is 0 Å². The summed E-state index contributed by atoms with van der Waals surface area (Å²) in [5.41, 5.74) is 8.34. The van der Waals surface area contributed by atoms with Gasteiger partial charge in [0, 0.05) is 30.6 Å². The summed E-state index contributed by atoms with van der Waals surface area (Å²) in [6.07, 6.45) is -4.22. The normalized spacial score (nSPS) is 11.1. The first kappa shape index (κ1) is 25.9. The van der Waals surface area contributed by atoms with E-state index in [1.807, 2.05) is 12.1 Å². The molecule has 174 valence electrons. The first-order valence-electron chi connectivity index (χ1n) is 7.97. The van der Waals surface area contributed by atoms with Gasteiger partial charge in [0.25, 0.3) is 5.56 Å². The summed E-state index contributed by atoms with van der Waals surface area (Å²) >= 11 is 0. The topological polar surface area (TPSA) is 175 Å². The number of nitrogens with zero attached hydrogens (tertiary/aromatic N) is 2. The second-order valence-corrected chi connectivity index (χ2v) is 5.63. The summed E-state index contributed by atoms with van der Waals surface area (Å²) in [5.74, 6) is -5.39. The monoisotopic (exact) mass is 469 g/mol. The molecule has 16 heteroatoms. The quantitative estimate of drug-likeness (QED) is 0.355. The Morgan fingerprint density at radius 3 is 2.03 bits per heavy atom. The van der Waals surface area contributed by atoms with Crippen LogP contribution in [0.3, 0.4) is 0 Å². The van der Waals surface area contributed by atoms with Gasteiger partial charge in [0.2, 0.25) is 5.95 Å². The van der Waals surface area contributed by atoms with E-state index in [0.717, 1.165) is 11.1 Å². The van der Waals surface area contributed by atoms with E-state index >= 15 is 0 Å². The maximum Gasteiger partial charge on any atom is 0.490 e. The Labute approximate surface area is 172 Å². The number of carboxylic acids is 2. The van der Waals surface area contributed by atoms with Crippen molar-refractivity contribution in [3.05, 3.63) is 52.2 Å². The predicted molar refractivity (Wildman–Crippen MR) is 95.6 cm³/mol. The van der Waals surface area contributed by atoms with Gasteiger partial charge in [0.1, 0.15) is 11.0 Å². The Balaban J connectivity index is 0.000000305. The number of aromatic nitrogens is 4. The average molecular weight is 469 g/mol. The Morgan fingerprint density at radius 2 is 1.59 bits per heavy atom. The van der Waals surface area contributed by atoms with Crippen molar-refractivity contribution in [2.24, 2.45) is 0 Å². The number of aliphatic carboxylic acids is 2. The number of hydrogen-bond acceptors (Lipinski definition) is 6. The third-order valence-corrected chi connectivity index (χ3v) is 3.23. The number of rotatable bonds is 2. The van der Waals surface area contributed by atoms with Crippen LogP contribution in [-0.2, 0) is 16.0 Å². The lowest BCUT2D eigenvalue weighted by atomic mass is 10.1. The number of H-pyrrole nitrogens is 2. The highest BCUT2D eigenvalue weighted by molar-refractivity contribution is 5.79. The predicted octanol–water partition coefficient (Wildman–Crippen LogP) is 2.09. The summed E-state index contributed by atoms with van der Waals surface area (Å²) < 4.78 is 63.5. The molecule has 10 nitrogen and oxygen atoms in total. The fourth-order valence-corrected chi connectivity index (χ4v) is 1.94. The van der Waals surface area contributed by atoms with Crippen molar-refractivity contribution in [2.75, 3.05) is 5.73 Å². The molecule has 3 aromatic rings. The highest BCUT2D eigenvalue weighted by Gasteiger charge is 2.38. The first-order chi connectivity index (χ1) is 14.6. The van der Waals surface area contributed by atoms with Crippen LogP contribution in [0.15, 0.2) is 35.5 Å². The number of carbonyl (C=O) groups is 2. The number of carboxylic acid groups (broad SMARTS) is 2. The van der Waals surface area contributed by atoms with E-state index in [0.29, 0.717) is 17.5 Å². The lowest BCUT2D eigenvalue weighted by Crippen LogP contribution is -2.21. The van der Waals surface area contributed by atoms with Crippen LogP contribution in [0.25, 0.3) is 11.0 Å². The number of pyridine rings is 1. The van der Waals surface area contributed by atoms with Gasteiger partial charge in [-0.05, 0) is 11.6 Å². The van der Waals surface area contributed by atoms with Gasteiger partial charge < -0.3 is 20.9 Å². The molecule has 3 aromatic heterocycles. The summed E-state index contributed by atoms with van der Waals surface area (Å²) in [5, 5.41) is 14.2. The van der Waals surface area contributed by atoms with Gasteiger partial charge in [-0.25, -0.2) is 14.6 Å². The molecule has 0 aromatic carbocycles. The van der Waals surface area contributed by atoms with Crippen molar-refractivity contribution in [3.63, 3.8) is 0 Å². The molecule has 0 aliphatic rings. The van der Waals surface area contributed by atoms with Gasteiger partial charge in [-0.3, -0.25) is 14.8 Å². The number of nitrogens with two attached hydrogens (primary N) is 1. The van der Waals surface area contributed by atoms with E-state index < -0.39 is 24.3 Å². The number of fused-ring (bicyclic) bond motifs is 1. The van der Waals surface area contributed by atoms with E-state index in [1.54, 1.807) is 18.6 Å². The van der Waals surface area contributed by atoms with Crippen molar-refractivity contribution >= 4 is 28.9 Å². The number of hydrogen-bond donors (Lipinski definition) is 5. The zero-order valence-electron chi connectivity index (χ0n) is 15.5. The van der Waals surface area contributed by atoms with Crippen LogP contribution < -0.4 is 11.3 Å². The van der Waals surface area contributed by atoms with Crippen molar-refractivity contribution < 1.29 is 46.1 Å². The summed E-state index contributed by atoms with van der Waals surface area (Å²) in [7, 11) is 0. The average Bonchev–Trinajstić information content (AvgIpc) is 3.05. The fraction of sp³-hybridized carbons (Fsp3) is 0.188.